The molecule has 0 aliphatic carbocycles. The number of rotatable bonds is 11. The monoisotopic (exact) mass is 1160 g/mol. The zero-order chi connectivity index (χ0) is 59.5. The van der Waals surface area contributed by atoms with Crippen molar-refractivity contribution < 1.29 is 48.1 Å². The number of nitrogens with zero attached hydrogens (tertiary/aromatic N) is 1. The third kappa shape index (κ3) is 26.8. The summed E-state index contributed by atoms with van der Waals surface area (Å²) in [6.07, 6.45) is 1.40. The van der Waals surface area contributed by atoms with E-state index in [1.807, 2.05) is 145 Å². The van der Waals surface area contributed by atoms with Gasteiger partial charge in [0.1, 0.15) is 11.5 Å². The number of carboxylic acid groups (broad SMARTS) is 1. The fourth-order valence-corrected chi connectivity index (χ4v) is 7.19. The first-order chi connectivity index (χ1) is 35.7. The first-order valence-electron chi connectivity index (χ1n) is 24.0. The molecule has 5 aromatic rings. The van der Waals surface area contributed by atoms with Crippen molar-refractivity contribution in [3.8, 4) is 11.5 Å². The van der Waals surface area contributed by atoms with Crippen LogP contribution in [0.25, 0.3) is 0 Å². The molecule has 0 atom stereocenters. The van der Waals surface area contributed by atoms with E-state index in [4.69, 9.17) is 49.4 Å². The number of methoxy groups -OCH3 is 2. The number of carbonyl (C=O) groups is 7. The molecule has 4 N–H and O–H groups in total. The number of halogens is 5. The van der Waals surface area contributed by atoms with E-state index in [-0.39, 0.29) is 28.6 Å². The molecule has 0 heterocycles. The molecule has 0 aliphatic heterocycles. The van der Waals surface area contributed by atoms with Crippen LogP contribution in [0.3, 0.4) is 0 Å². The molecule has 420 valence electrons. The Morgan fingerprint density at radius 3 is 1.17 bits per heavy atom. The first kappa shape index (κ1) is 71.0. The third-order valence-corrected chi connectivity index (χ3v) is 10.7. The van der Waals surface area contributed by atoms with Gasteiger partial charge < -0.3 is 14.6 Å². The van der Waals surface area contributed by atoms with Crippen LogP contribution in [0.5, 0.6) is 11.5 Å². The molecule has 3 amide bonds. The summed E-state index contributed by atoms with van der Waals surface area (Å²) in [5.41, 5.74) is 18.2. The van der Waals surface area contributed by atoms with Gasteiger partial charge in [0.05, 0.1) is 30.7 Å². The Kier molecular flexibility index (Phi) is 32.0. The Labute approximate surface area is 479 Å². The van der Waals surface area contributed by atoms with Gasteiger partial charge in [-0.25, -0.2) is 15.2 Å². The quantitative estimate of drug-likeness (QED) is 0.0425. The Bertz CT molecular complexity index is 2670. The minimum absolute atomic E-state index is 0.138. The summed E-state index contributed by atoms with van der Waals surface area (Å²) >= 11 is 23.8. The molecular formula is C58H73Cl5N4O10. The molecule has 19 heteroatoms. The average Bonchev–Trinajstić information content (AvgIpc) is 3.33. The van der Waals surface area contributed by atoms with Gasteiger partial charge in [-0.2, -0.15) is 0 Å². The normalized spacial score (nSPS) is 10.2. The van der Waals surface area contributed by atoms with E-state index in [1.165, 1.54) is 5.01 Å². The van der Waals surface area contributed by atoms with Crippen molar-refractivity contribution in [1.29, 1.82) is 0 Å². The molecule has 5 rings (SSSR count). The Hall–Kier alpha value is -6.00. The molecule has 0 spiro atoms. The zero-order valence-corrected chi connectivity index (χ0v) is 50.5. The smallest absolute Gasteiger partial charge is 0.335 e. The highest BCUT2D eigenvalue weighted by atomic mass is 35.5. The van der Waals surface area contributed by atoms with E-state index in [2.05, 4.69) is 39.5 Å². The summed E-state index contributed by atoms with van der Waals surface area (Å²) in [4.78, 5) is 78.5. The second kappa shape index (κ2) is 34.7. The number of amides is 3. The van der Waals surface area contributed by atoms with E-state index in [9.17, 15) is 33.6 Å². The second-order valence-corrected chi connectivity index (χ2v) is 21.0. The van der Waals surface area contributed by atoms with Crippen LogP contribution in [0.1, 0.15) is 152 Å². The summed E-state index contributed by atoms with van der Waals surface area (Å²) in [5, 5.41) is 7.56. The molecule has 0 aliphatic rings. The van der Waals surface area contributed by atoms with Crippen LogP contribution in [-0.4, -0.2) is 80.2 Å². The molecule has 0 saturated carbocycles. The molecule has 77 heavy (non-hydrogen) atoms. The molecule has 0 fully saturated rings. The number of hydrazine groups is 2. The number of nitrogens with one attached hydrogen (secondary N) is 3. The maximum atomic E-state index is 13.2. The van der Waals surface area contributed by atoms with Crippen molar-refractivity contribution in [3.63, 3.8) is 0 Å². The van der Waals surface area contributed by atoms with Crippen LogP contribution in [-0.2, 0) is 22.4 Å². The number of aromatic carboxylic acids is 1. The highest BCUT2D eigenvalue weighted by molar-refractivity contribution is 6.97. The predicted molar refractivity (Wildman–Crippen MR) is 312 cm³/mol. The number of hydrogen-bond acceptors (Lipinski definition) is 10. The number of carboxylic acids is 1. The summed E-state index contributed by atoms with van der Waals surface area (Å²) in [6, 6.07) is 27.4. The molecule has 0 unspecified atom stereocenters. The van der Waals surface area contributed by atoms with Gasteiger partial charge in [-0.05, 0) is 191 Å². The van der Waals surface area contributed by atoms with Crippen molar-refractivity contribution in [2.24, 2.45) is 0 Å². The van der Waals surface area contributed by atoms with Gasteiger partial charge in [0.25, 0.3) is 23.0 Å². The number of ether oxygens (including phenoxy) is 2. The molecular weight excluding hydrogens is 1090 g/mol. The van der Waals surface area contributed by atoms with Gasteiger partial charge in [-0.1, -0.05) is 77.6 Å². The SMILES string of the molecule is CCc1c(OC)cccc1C(=O)NN(C(=O)c1cc(C)cc(C)c1)C(C)(C)C.CCc1c(OC)cccc1C(=O)NNC(C)(C)C.Cc1cc(C)cc(C(=O)Cl)c1.Cc1cc(C)cc(C(=O)O)c1.ClCCl.O=C(Cl)C(=O)Cl. The van der Waals surface area contributed by atoms with Crippen molar-refractivity contribution in [2.45, 2.75) is 121 Å². The predicted octanol–water partition coefficient (Wildman–Crippen LogP) is 13.4. The molecule has 14 nitrogen and oxygen atoms in total. The van der Waals surface area contributed by atoms with Gasteiger partial charge in [-0.15, -0.1) is 23.2 Å². The van der Waals surface area contributed by atoms with Gasteiger partial charge in [0.2, 0.25) is 0 Å². The fraction of sp³-hybridized carbons (Fsp3) is 0.362. The van der Waals surface area contributed by atoms with E-state index in [1.54, 1.807) is 56.7 Å². The number of aryl methyl sites for hydroxylation is 6. The lowest BCUT2D eigenvalue weighted by molar-refractivity contribution is -0.127. The van der Waals surface area contributed by atoms with Crippen LogP contribution < -0.4 is 25.8 Å². The fourth-order valence-electron chi connectivity index (χ4n) is 7.08. The molecule has 5 aromatic carbocycles. The Balaban J connectivity index is 0.00000101. The van der Waals surface area contributed by atoms with Gasteiger partial charge in [0, 0.05) is 38.9 Å². The maximum absolute atomic E-state index is 13.2. The number of carbonyl (C=O) groups excluding carboxylic acids is 6. The van der Waals surface area contributed by atoms with Crippen molar-refractivity contribution >= 4 is 97.4 Å². The number of hydrogen-bond donors (Lipinski definition) is 4. The minimum atomic E-state index is -1.14. The second-order valence-electron chi connectivity index (χ2n) is 19.1. The van der Waals surface area contributed by atoms with Crippen LogP contribution in [0.4, 0.5) is 0 Å². The van der Waals surface area contributed by atoms with Crippen LogP contribution in [0.2, 0.25) is 0 Å². The number of benzene rings is 5. The van der Waals surface area contributed by atoms with E-state index < -0.39 is 27.2 Å². The first-order valence-corrected chi connectivity index (χ1v) is 26.2. The zero-order valence-electron chi connectivity index (χ0n) is 46.7. The topological polar surface area (TPSA) is 198 Å². The van der Waals surface area contributed by atoms with Gasteiger partial charge >= 0.3 is 16.5 Å². The lowest BCUT2D eigenvalue weighted by atomic mass is 10.0. The molecule has 0 bridgehead atoms. The third-order valence-electron chi connectivity index (χ3n) is 10.1. The highest BCUT2D eigenvalue weighted by Gasteiger charge is 2.31. The highest BCUT2D eigenvalue weighted by Crippen LogP contribution is 2.25. The summed E-state index contributed by atoms with van der Waals surface area (Å²) in [5.74, 6) is -0.159. The molecule has 0 radical (unpaired) electrons. The van der Waals surface area contributed by atoms with Crippen LogP contribution in [0, 0.1) is 41.5 Å². The van der Waals surface area contributed by atoms with Gasteiger partial charge in [0.15, 0.2) is 0 Å². The van der Waals surface area contributed by atoms with E-state index >= 15 is 0 Å². The minimum Gasteiger partial charge on any atom is -0.496 e. The Morgan fingerprint density at radius 2 is 0.883 bits per heavy atom. The van der Waals surface area contributed by atoms with Gasteiger partial charge in [-0.3, -0.25) is 39.6 Å². The van der Waals surface area contributed by atoms with Crippen molar-refractivity contribution in [1.82, 2.24) is 21.3 Å². The van der Waals surface area contributed by atoms with E-state index in [0.717, 1.165) is 56.7 Å². The summed E-state index contributed by atoms with van der Waals surface area (Å²) < 4.78 is 10.7. The maximum Gasteiger partial charge on any atom is 0.335 e. The lowest BCUT2D eigenvalue weighted by Gasteiger charge is -2.35. The lowest BCUT2D eigenvalue weighted by Crippen LogP contribution is -2.56. The largest absolute Gasteiger partial charge is 0.496 e. The van der Waals surface area contributed by atoms with E-state index in [0.29, 0.717) is 40.0 Å². The molecule has 0 saturated heterocycles. The summed E-state index contributed by atoms with van der Waals surface area (Å²) in [6.45, 7) is 27.2. The Morgan fingerprint density at radius 1 is 0.545 bits per heavy atom. The summed E-state index contributed by atoms with van der Waals surface area (Å²) in [7, 11) is 3.20. The van der Waals surface area contributed by atoms with Crippen LogP contribution >= 0.6 is 58.0 Å². The average molecular weight is 1160 g/mol. The standard InChI is InChI=1S/C23H30N2O3.C14H22N2O2.C9H9ClO.C9H10O2.C2Cl2O2.CH2Cl2/c1-8-18-19(10-9-11-20(18)28-7)21(26)24-25(23(4,5)6)22(27)17-13-15(2)12-16(3)14-17;1-6-10-11(8-7-9-12(10)18-5)13(17)15-16-14(2,3)4;2*1-6-3-7(2)5-8(4-6)9(10)11;3-1(5)2(4)6;2-1-3/h9-14H,8H2,1-7H3,(H,24,26);7-9,16H,6H2,1-5H3,(H,15,17);3-5H,1-2H3;3-5H,1-2H3,(H,10,11);;1H2. The van der Waals surface area contributed by atoms with Crippen LogP contribution in [0.15, 0.2) is 91.0 Å². The molecule has 0 aromatic heterocycles. The number of alkyl halides is 2. The van der Waals surface area contributed by atoms with Crippen molar-refractivity contribution in [3.05, 3.63) is 163 Å². The van der Waals surface area contributed by atoms with Crippen molar-refractivity contribution in [2.75, 3.05) is 19.6 Å².